The fourth-order valence-electron chi connectivity index (χ4n) is 2.22. The standard InChI is InChI=1S/C13H19BrN2O3/c1-18-11-7-10(17)9(12(14)13(11)19-2)8-16-5-3-15-4-6-16/h7,15,17H,3-6,8H2,1-2H3. The zero-order chi connectivity index (χ0) is 13.8. The molecule has 0 unspecified atom stereocenters. The number of ether oxygens (including phenoxy) is 2. The van der Waals surface area contributed by atoms with Gasteiger partial charge in [0.1, 0.15) is 5.75 Å². The zero-order valence-electron chi connectivity index (χ0n) is 11.2. The zero-order valence-corrected chi connectivity index (χ0v) is 12.8. The molecule has 1 aromatic rings. The summed E-state index contributed by atoms with van der Waals surface area (Å²) >= 11 is 3.50. The van der Waals surface area contributed by atoms with Crippen LogP contribution in [0.2, 0.25) is 0 Å². The minimum absolute atomic E-state index is 0.225. The second-order valence-electron chi connectivity index (χ2n) is 4.45. The molecule has 0 bridgehead atoms. The number of aromatic hydroxyl groups is 1. The van der Waals surface area contributed by atoms with Crippen LogP contribution >= 0.6 is 15.9 Å². The van der Waals surface area contributed by atoms with Gasteiger partial charge in [0, 0.05) is 44.4 Å². The van der Waals surface area contributed by atoms with E-state index in [1.54, 1.807) is 20.3 Å². The van der Waals surface area contributed by atoms with Crippen molar-refractivity contribution in [2.45, 2.75) is 6.54 Å². The Kier molecular flexibility index (Phi) is 4.90. The number of piperazine rings is 1. The molecule has 1 saturated heterocycles. The predicted octanol–water partition coefficient (Wildman–Crippen LogP) is 1.58. The quantitative estimate of drug-likeness (QED) is 0.877. The third kappa shape index (κ3) is 3.13. The van der Waals surface area contributed by atoms with E-state index in [2.05, 4.69) is 26.1 Å². The molecule has 1 fully saturated rings. The molecule has 0 aliphatic carbocycles. The van der Waals surface area contributed by atoms with Gasteiger partial charge in [-0.25, -0.2) is 0 Å². The van der Waals surface area contributed by atoms with Gasteiger partial charge in [-0.1, -0.05) is 0 Å². The smallest absolute Gasteiger partial charge is 0.175 e. The largest absolute Gasteiger partial charge is 0.507 e. The molecule has 6 heteroatoms. The molecule has 1 aliphatic heterocycles. The Morgan fingerprint density at radius 1 is 1.32 bits per heavy atom. The third-order valence-electron chi connectivity index (χ3n) is 3.28. The first-order valence-corrected chi connectivity index (χ1v) is 7.02. The third-order valence-corrected chi connectivity index (χ3v) is 4.12. The van der Waals surface area contributed by atoms with Crippen molar-refractivity contribution in [1.82, 2.24) is 10.2 Å². The fourth-order valence-corrected chi connectivity index (χ4v) is 2.91. The maximum Gasteiger partial charge on any atom is 0.175 e. The van der Waals surface area contributed by atoms with Gasteiger partial charge < -0.3 is 19.9 Å². The van der Waals surface area contributed by atoms with Crippen molar-refractivity contribution in [2.24, 2.45) is 0 Å². The van der Waals surface area contributed by atoms with E-state index in [0.717, 1.165) is 36.2 Å². The van der Waals surface area contributed by atoms with Crippen LogP contribution in [0.5, 0.6) is 17.2 Å². The van der Waals surface area contributed by atoms with Gasteiger partial charge >= 0.3 is 0 Å². The molecule has 19 heavy (non-hydrogen) atoms. The van der Waals surface area contributed by atoms with E-state index in [9.17, 15) is 5.11 Å². The summed E-state index contributed by atoms with van der Waals surface area (Å²) in [7, 11) is 3.15. The number of rotatable bonds is 4. The Balaban J connectivity index is 2.28. The molecule has 2 rings (SSSR count). The van der Waals surface area contributed by atoms with Gasteiger partial charge in [-0.2, -0.15) is 0 Å². The number of nitrogens with zero attached hydrogens (tertiary/aromatic N) is 1. The van der Waals surface area contributed by atoms with Crippen molar-refractivity contribution < 1.29 is 14.6 Å². The SMILES string of the molecule is COc1cc(O)c(CN2CCNCC2)c(Br)c1OC. The van der Waals surface area contributed by atoms with Gasteiger partial charge in [0.2, 0.25) is 0 Å². The molecule has 0 saturated carbocycles. The van der Waals surface area contributed by atoms with Crippen LogP contribution in [0.4, 0.5) is 0 Å². The lowest BCUT2D eigenvalue weighted by molar-refractivity contribution is 0.229. The second-order valence-corrected chi connectivity index (χ2v) is 5.24. The van der Waals surface area contributed by atoms with Crippen LogP contribution in [0.25, 0.3) is 0 Å². The maximum atomic E-state index is 10.1. The Morgan fingerprint density at radius 2 is 2.00 bits per heavy atom. The average molecular weight is 331 g/mol. The first-order valence-electron chi connectivity index (χ1n) is 6.22. The van der Waals surface area contributed by atoms with Gasteiger partial charge in [-0.05, 0) is 15.9 Å². The highest BCUT2D eigenvalue weighted by Gasteiger charge is 2.20. The summed E-state index contributed by atoms with van der Waals surface area (Å²) in [5, 5.41) is 13.5. The highest BCUT2D eigenvalue weighted by Crippen LogP contribution is 2.42. The first kappa shape index (κ1) is 14.4. The first-order chi connectivity index (χ1) is 9.17. The predicted molar refractivity (Wildman–Crippen MR) is 77.1 cm³/mol. The molecule has 106 valence electrons. The van der Waals surface area contributed by atoms with Crippen molar-refractivity contribution >= 4 is 15.9 Å². The molecule has 0 aromatic heterocycles. The lowest BCUT2D eigenvalue weighted by atomic mass is 10.1. The van der Waals surface area contributed by atoms with Gasteiger partial charge in [-0.15, -0.1) is 0 Å². The summed E-state index contributed by atoms with van der Waals surface area (Å²) in [5.74, 6) is 1.37. The number of halogens is 1. The Labute approximate surface area is 121 Å². The van der Waals surface area contributed by atoms with Crippen molar-refractivity contribution in [3.05, 3.63) is 16.1 Å². The second kappa shape index (κ2) is 6.45. The minimum Gasteiger partial charge on any atom is -0.507 e. The Morgan fingerprint density at radius 3 is 2.58 bits per heavy atom. The van der Waals surface area contributed by atoms with E-state index in [1.165, 1.54) is 0 Å². The number of phenols is 1. The number of phenolic OH excluding ortho intramolecular Hbond substituents is 1. The van der Waals surface area contributed by atoms with Crippen molar-refractivity contribution in [1.29, 1.82) is 0 Å². The van der Waals surface area contributed by atoms with Crippen molar-refractivity contribution in [3.63, 3.8) is 0 Å². The minimum atomic E-state index is 0.225. The van der Waals surface area contributed by atoms with E-state index < -0.39 is 0 Å². The van der Waals surface area contributed by atoms with E-state index in [1.807, 2.05) is 0 Å². The summed E-state index contributed by atoms with van der Waals surface area (Å²) in [4.78, 5) is 2.29. The molecule has 1 aromatic carbocycles. The summed E-state index contributed by atoms with van der Waals surface area (Å²) in [6, 6.07) is 1.60. The molecule has 0 amide bonds. The van der Waals surface area contributed by atoms with Crippen LogP contribution in [0.1, 0.15) is 5.56 Å². The number of hydrogen-bond donors (Lipinski definition) is 2. The van der Waals surface area contributed by atoms with Crippen LogP contribution in [-0.4, -0.2) is 50.4 Å². The molecule has 0 spiro atoms. The molecule has 5 nitrogen and oxygen atoms in total. The molecule has 0 radical (unpaired) electrons. The highest BCUT2D eigenvalue weighted by atomic mass is 79.9. The lowest BCUT2D eigenvalue weighted by Crippen LogP contribution is -2.42. The number of nitrogens with one attached hydrogen (secondary N) is 1. The molecular formula is C13H19BrN2O3. The fraction of sp³-hybridized carbons (Fsp3) is 0.538. The topological polar surface area (TPSA) is 54.0 Å². The van der Waals surface area contributed by atoms with Crippen LogP contribution < -0.4 is 14.8 Å². The Bertz CT molecular complexity index is 448. The number of benzene rings is 1. The van der Waals surface area contributed by atoms with E-state index in [0.29, 0.717) is 18.0 Å². The highest BCUT2D eigenvalue weighted by molar-refractivity contribution is 9.10. The molecule has 1 heterocycles. The van der Waals surface area contributed by atoms with Crippen molar-refractivity contribution in [2.75, 3.05) is 40.4 Å². The number of hydrogen-bond acceptors (Lipinski definition) is 5. The van der Waals surface area contributed by atoms with Crippen molar-refractivity contribution in [3.8, 4) is 17.2 Å². The summed E-state index contributed by atoms with van der Waals surface area (Å²) in [6.07, 6.45) is 0. The normalized spacial score (nSPS) is 16.4. The number of methoxy groups -OCH3 is 2. The monoisotopic (exact) mass is 330 g/mol. The van der Waals surface area contributed by atoms with Crippen LogP contribution in [0.3, 0.4) is 0 Å². The molecular weight excluding hydrogens is 312 g/mol. The van der Waals surface area contributed by atoms with Crippen LogP contribution in [0, 0.1) is 0 Å². The van der Waals surface area contributed by atoms with Crippen LogP contribution in [0.15, 0.2) is 10.5 Å². The van der Waals surface area contributed by atoms with Gasteiger partial charge in [-0.3, -0.25) is 4.90 Å². The van der Waals surface area contributed by atoms with Gasteiger partial charge in [0.15, 0.2) is 11.5 Å². The van der Waals surface area contributed by atoms with E-state index in [-0.39, 0.29) is 5.75 Å². The van der Waals surface area contributed by atoms with Crippen LogP contribution in [-0.2, 0) is 6.54 Å². The molecule has 2 N–H and O–H groups in total. The summed E-state index contributed by atoms with van der Waals surface area (Å²) < 4.78 is 11.3. The lowest BCUT2D eigenvalue weighted by Gasteiger charge is -2.28. The van der Waals surface area contributed by atoms with E-state index in [4.69, 9.17) is 9.47 Å². The summed E-state index contributed by atoms with van der Waals surface area (Å²) in [5.41, 5.74) is 0.833. The maximum absolute atomic E-state index is 10.1. The van der Waals surface area contributed by atoms with Gasteiger partial charge in [0.25, 0.3) is 0 Å². The average Bonchev–Trinajstić information content (AvgIpc) is 2.44. The Hall–Kier alpha value is -0.980. The molecule has 1 aliphatic rings. The van der Waals surface area contributed by atoms with Gasteiger partial charge in [0.05, 0.1) is 18.7 Å². The summed E-state index contributed by atoms with van der Waals surface area (Å²) in [6.45, 7) is 4.59. The molecule has 0 atom stereocenters. The van der Waals surface area contributed by atoms with E-state index >= 15 is 0 Å².